The molecule has 0 radical (unpaired) electrons. The molecule has 1 unspecified atom stereocenters. The predicted octanol–water partition coefficient (Wildman–Crippen LogP) is 2.07. The highest BCUT2D eigenvalue weighted by Gasteiger charge is 2.28. The second-order valence-corrected chi connectivity index (χ2v) is 8.52. The monoisotopic (exact) mass is 290 g/mol. The third kappa shape index (κ3) is 6.23. The lowest BCUT2D eigenvalue weighted by Crippen LogP contribution is -2.44. The number of hydrogen-bond acceptors (Lipinski definition) is 3. The van der Waals surface area contributed by atoms with Crippen molar-refractivity contribution in [1.29, 1.82) is 0 Å². The van der Waals surface area contributed by atoms with Crippen molar-refractivity contribution >= 4 is 10.0 Å². The van der Waals surface area contributed by atoms with Gasteiger partial charge in [0.05, 0.1) is 5.75 Å². The molecule has 1 N–H and O–H groups in total. The van der Waals surface area contributed by atoms with Gasteiger partial charge in [-0.15, -0.1) is 0 Å². The lowest BCUT2D eigenvalue weighted by molar-refractivity contribution is 0.256. The largest absolute Gasteiger partial charge is 0.314 e. The van der Waals surface area contributed by atoms with E-state index >= 15 is 0 Å². The van der Waals surface area contributed by atoms with E-state index in [-0.39, 0.29) is 0 Å². The summed E-state index contributed by atoms with van der Waals surface area (Å²) in [5.74, 6) is 1.21. The van der Waals surface area contributed by atoms with E-state index < -0.39 is 10.0 Å². The Labute approximate surface area is 119 Å². The minimum absolute atomic E-state index is 0.301. The van der Waals surface area contributed by atoms with E-state index in [9.17, 15) is 8.42 Å². The summed E-state index contributed by atoms with van der Waals surface area (Å²) in [6.07, 6.45) is 2.88. The zero-order valence-electron chi connectivity index (χ0n) is 12.9. The Morgan fingerprint density at radius 2 is 1.95 bits per heavy atom. The first-order valence-electron chi connectivity index (χ1n) is 7.52. The molecular weight excluding hydrogens is 260 g/mol. The molecular formula is C14H30N2O2S. The average molecular weight is 290 g/mol. The summed E-state index contributed by atoms with van der Waals surface area (Å²) in [5, 5.41) is 3.42. The zero-order chi connectivity index (χ0) is 14.5. The molecule has 1 aliphatic rings. The number of sulfonamides is 1. The van der Waals surface area contributed by atoms with Crippen molar-refractivity contribution in [3.05, 3.63) is 0 Å². The molecule has 114 valence electrons. The first-order valence-corrected chi connectivity index (χ1v) is 9.13. The summed E-state index contributed by atoms with van der Waals surface area (Å²) in [4.78, 5) is 0. The maximum atomic E-state index is 12.3. The molecule has 1 fully saturated rings. The maximum absolute atomic E-state index is 12.3. The van der Waals surface area contributed by atoms with E-state index in [0.29, 0.717) is 36.7 Å². The van der Waals surface area contributed by atoms with Crippen molar-refractivity contribution < 1.29 is 8.42 Å². The Hall–Kier alpha value is -0.130. The molecule has 0 amide bonds. The number of nitrogens with one attached hydrogen (secondary N) is 1. The standard InChI is InChI=1S/C14H30N2O2S/c1-12(2)7-9-19(17,18)16-8-5-6-14(11-16)10-15-13(3)4/h12-15H,5-11H2,1-4H3. The second-order valence-electron chi connectivity index (χ2n) is 6.43. The van der Waals surface area contributed by atoms with Crippen LogP contribution in [0.1, 0.15) is 47.0 Å². The van der Waals surface area contributed by atoms with Gasteiger partial charge in [0.15, 0.2) is 0 Å². The third-order valence-electron chi connectivity index (χ3n) is 3.64. The van der Waals surface area contributed by atoms with Crippen molar-refractivity contribution in [2.24, 2.45) is 11.8 Å². The first kappa shape index (κ1) is 16.9. The fourth-order valence-corrected chi connectivity index (χ4v) is 4.23. The van der Waals surface area contributed by atoms with Crippen molar-refractivity contribution in [3.8, 4) is 0 Å². The highest BCUT2D eigenvalue weighted by molar-refractivity contribution is 7.89. The van der Waals surface area contributed by atoms with Crippen molar-refractivity contribution in [2.75, 3.05) is 25.4 Å². The van der Waals surface area contributed by atoms with Gasteiger partial charge in [0.2, 0.25) is 10.0 Å². The molecule has 1 rings (SSSR count). The number of piperidine rings is 1. The number of rotatable bonds is 7. The fraction of sp³-hybridized carbons (Fsp3) is 1.00. The van der Waals surface area contributed by atoms with Crippen LogP contribution < -0.4 is 5.32 Å². The van der Waals surface area contributed by atoms with Gasteiger partial charge in [-0.3, -0.25) is 0 Å². The van der Waals surface area contributed by atoms with Crippen molar-refractivity contribution in [1.82, 2.24) is 9.62 Å². The molecule has 0 saturated carbocycles. The Morgan fingerprint density at radius 1 is 1.26 bits per heavy atom. The molecule has 1 aliphatic heterocycles. The van der Waals surface area contributed by atoms with Gasteiger partial charge < -0.3 is 5.32 Å². The van der Waals surface area contributed by atoms with Gasteiger partial charge in [0.1, 0.15) is 0 Å². The van der Waals surface area contributed by atoms with Gasteiger partial charge in [0.25, 0.3) is 0 Å². The minimum atomic E-state index is -3.04. The van der Waals surface area contributed by atoms with Gasteiger partial charge in [-0.05, 0) is 37.6 Å². The van der Waals surface area contributed by atoms with Crippen LogP contribution in [0.15, 0.2) is 0 Å². The van der Waals surface area contributed by atoms with Gasteiger partial charge in [-0.25, -0.2) is 12.7 Å². The Balaban J connectivity index is 2.49. The van der Waals surface area contributed by atoms with Crippen LogP contribution in [0, 0.1) is 11.8 Å². The number of hydrogen-bond donors (Lipinski definition) is 1. The SMILES string of the molecule is CC(C)CCS(=O)(=O)N1CCCC(CNC(C)C)C1. The van der Waals surface area contributed by atoms with E-state index in [1.54, 1.807) is 4.31 Å². The molecule has 0 aromatic rings. The van der Waals surface area contributed by atoms with E-state index in [4.69, 9.17) is 0 Å². The summed E-state index contributed by atoms with van der Waals surface area (Å²) in [7, 11) is -3.04. The molecule has 1 heterocycles. The quantitative estimate of drug-likeness (QED) is 0.781. The molecule has 0 spiro atoms. The molecule has 19 heavy (non-hydrogen) atoms. The van der Waals surface area contributed by atoms with Gasteiger partial charge in [0, 0.05) is 19.1 Å². The van der Waals surface area contributed by atoms with Crippen LogP contribution in [0.2, 0.25) is 0 Å². The van der Waals surface area contributed by atoms with Crippen LogP contribution in [0.3, 0.4) is 0 Å². The lowest BCUT2D eigenvalue weighted by atomic mass is 9.99. The van der Waals surface area contributed by atoms with Crippen LogP contribution in [-0.2, 0) is 10.0 Å². The smallest absolute Gasteiger partial charge is 0.214 e. The van der Waals surface area contributed by atoms with Crippen LogP contribution >= 0.6 is 0 Å². The molecule has 0 aromatic carbocycles. The van der Waals surface area contributed by atoms with Crippen LogP contribution in [-0.4, -0.2) is 44.2 Å². The Bertz CT molecular complexity index is 352. The summed E-state index contributed by atoms with van der Waals surface area (Å²) < 4.78 is 26.3. The van der Waals surface area contributed by atoms with Gasteiger partial charge >= 0.3 is 0 Å². The molecule has 0 bridgehead atoms. The Kier molecular flexibility index (Phi) is 6.77. The first-order chi connectivity index (χ1) is 8.81. The van der Waals surface area contributed by atoms with Crippen LogP contribution in [0.4, 0.5) is 0 Å². The fourth-order valence-electron chi connectivity index (χ4n) is 2.36. The summed E-state index contributed by atoms with van der Waals surface area (Å²) in [6, 6.07) is 0.466. The zero-order valence-corrected chi connectivity index (χ0v) is 13.7. The lowest BCUT2D eigenvalue weighted by Gasteiger charge is -2.32. The molecule has 1 saturated heterocycles. The van der Waals surface area contributed by atoms with Gasteiger partial charge in [-0.1, -0.05) is 27.7 Å². The second kappa shape index (κ2) is 7.60. The molecule has 5 heteroatoms. The van der Waals surface area contributed by atoms with E-state index in [1.165, 1.54) is 0 Å². The summed E-state index contributed by atoms with van der Waals surface area (Å²) in [5.41, 5.74) is 0. The maximum Gasteiger partial charge on any atom is 0.214 e. The van der Waals surface area contributed by atoms with E-state index in [0.717, 1.165) is 25.8 Å². The molecule has 1 atom stereocenters. The van der Waals surface area contributed by atoms with Crippen LogP contribution in [0.25, 0.3) is 0 Å². The molecule has 4 nitrogen and oxygen atoms in total. The van der Waals surface area contributed by atoms with Gasteiger partial charge in [-0.2, -0.15) is 0 Å². The normalized spacial score (nSPS) is 22.3. The van der Waals surface area contributed by atoms with Crippen LogP contribution in [0.5, 0.6) is 0 Å². The third-order valence-corrected chi connectivity index (χ3v) is 5.51. The topological polar surface area (TPSA) is 49.4 Å². The molecule has 0 aromatic heterocycles. The minimum Gasteiger partial charge on any atom is -0.314 e. The van der Waals surface area contributed by atoms with Crippen molar-refractivity contribution in [2.45, 2.75) is 53.0 Å². The van der Waals surface area contributed by atoms with E-state index in [1.807, 2.05) is 0 Å². The Morgan fingerprint density at radius 3 is 2.53 bits per heavy atom. The summed E-state index contributed by atoms with van der Waals surface area (Å²) in [6.45, 7) is 10.7. The highest BCUT2D eigenvalue weighted by Crippen LogP contribution is 2.20. The molecule has 0 aliphatic carbocycles. The average Bonchev–Trinajstić information content (AvgIpc) is 2.34. The predicted molar refractivity (Wildman–Crippen MR) is 80.7 cm³/mol. The highest BCUT2D eigenvalue weighted by atomic mass is 32.2. The van der Waals surface area contributed by atoms with Crippen molar-refractivity contribution in [3.63, 3.8) is 0 Å². The number of nitrogens with zero attached hydrogens (tertiary/aromatic N) is 1. The summed E-state index contributed by atoms with van der Waals surface area (Å²) >= 11 is 0. The van der Waals surface area contributed by atoms with E-state index in [2.05, 4.69) is 33.0 Å².